The molecule has 1 heterocycles. The zero-order chi connectivity index (χ0) is 14.2. The molecule has 0 aromatic rings. The largest absolute Gasteiger partial charge is 0.375 e. The fraction of sp³-hybridized carbons (Fsp3) is 0.933. The molecule has 0 bridgehead atoms. The minimum absolute atomic E-state index is 0.252. The monoisotopic (exact) mass is 281 g/mol. The van der Waals surface area contributed by atoms with E-state index in [0.29, 0.717) is 12.1 Å². The highest BCUT2D eigenvalue weighted by Gasteiger charge is 2.44. The van der Waals surface area contributed by atoms with Crippen LogP contribution in [0.2, 0.25) is 0 Å². The molecular weight excluding hydrogens is 254 g/mol. The Balaban J connectivity index is 1.57. The van der Waals surface area contributed by atoms with Gasteiger partial charge in [-0.1, -0.05) is 6.42 Å². The fourth-order valence-electron chi connectivity index (χ4n) is 4.43. The van der Waals surface area contributed by atoms with E-state index >= 15 is 0 Å². The zero-order valence-corrected chi connectivity index (χ0v) is 12.2. The Kier molecular flexibility index (Phi) is 4.02. The van der Waals surface area contributed by atoms with E-state index in [2.05, 4.69) is 4.90 Å². The number of carbonyl (C=O) groups excluding carboxylic acids is 1. The first-order chi connectivity index (χ1) is 9.61. The van der Waals surface area contributed by atoms with Crippen LogP contribution in [-0.2, 0) is 9.53 Å². The first kappa shape index (κ1) is 14.3. The summed E-state index contributed by atoms with van der Waals surface area (Å²) in [4.78, 5) is 14.2. The number of morpholine rings is 1. The average molecular weight is 281 g/mol. The van der Waals surface area contributed by atoms with E-state index in [-0.39, 0.29) is 11.8 Å². The van der Waals surface area contributed by atoms with Gasteiger partial charge in [-0.3, -0.25) is 9.69 Å². The van der Waals surface area contributed by atoms with Crippen LogP contribution in [-0.4, -0.2) is 48.2 Å². The number of hydrogen-bond acceptors (Lipinski definition) is 4. The number of primary amides is 1. The van der Waals surface area contributed by atoms with Crippen LogP contribution in [0.25, 0.3) is 0 Å². The molecule has 3 rings (SSSR count). The maximum Gasteiger partial charge on any atom is 0.237 e. The minimum atomic E-state index is -0.763. The van der Waals surface area contributed by atoms with Gasteiger partial charge in [0.05, 0.1) is 18.2 Å². The second kappa shape index (κ2) is 5.62. The quantitative estimate of drug-likeness (QED) is 0.791. The van der Waals surface area contributed by atoms with Crippen molar-refractivity contribution in [2.75, 3.05) is 19.7 Å². The fourth-order valence-corrected chi connectivity index (χ4v) is 4.43. The SMILES string of the molecule is NC(=O)C1(N)CCCC1CCN1CCOC2CCCC21. The van der Waals surface area contributed by atoms with Crippen molar-refractivity contribution in [3.63, 3.8) is 0 Å². The van der Waals surface area contributed by atoms with E-state index in [1.807, 2.05) is 0 Å². The summed E-state index contributed by atoms with van der Waals surface area (Å²) in [5, 5.41) is 0. The second-order valence-electron chi connectivity index (χ2n) is 6.73. The van der Waals surface area contributed by atoms with Gasteiger partial charge < -0.3 is 16.2 Å². The molecule has 0 aromatic heterocycles. The van der Waals surface area contributed by atoms with Crippen LogP contribution in [0.3, 0.4) is 0 Å². The van der Waals surface area contributed by atoms with E-state index in [0.717, 1.165) is 45.4 Å². The first-order valence-electron chi connectivity index (χ1n) is 8.06. The van der Waals surface area contributed by atoms with Crippen molar-refractivity contribution in [3.8, 4) is 0 Å². The van der Waals surface area contributed by atoms with Crippen LogP contribution in [0.5, 0.6) is 0 Å². The highest BCUT2D eigenvalue weighted by atomic mass is 16.5. The molecule has 4 N–H and O–H groups in total. The predicted molar refractivity (Wildman–Crippen MR) is 77.0 cm³/mol. The summed E-state index contributed by atoms with van der Waals surface area (Å²) in [5.74, 6) is -0.0663. The van der Waals surface area contributed by atoms with Gasteiger partial charge in [-0.15, -0.1) is 0 Å². The van der Waals surface area contributed by atoms with Gasteiger partial charge in [-0.2, -0.15) is 0 Å². The summed E-state index contributed by atoms with van der Waals surface area (Å²) in [6.45, 7) is 2.89. The smallest absolute Gasteiger partial charge is 0.237 e. The van der Waals surface area contributed by atoms with Crippen LogP contribution in [0.1, 0.15) is 44.9 Å². The van der Waals surface area contributed by atoms with Gasteiger partial charge >= 0.3 is 0 Å². The van der Waals surface area contributed by atoms with Crippen molar-refractivity contribution in [3.05, 3.63) is 0 Å². The van der Waals surface area contributed by atoms with Crippen LogP contribution < -0.4 is 11.5 Å². The van der Waals surface area contributed by atoms with Crippen LogP contribution in [0.15, 0.2) is 0 Å². The number of carbonyl (C=O) groups is 1. The lowest BCUT2D eigenvalue weighted by Gasteiger charge is -2.39. The Morgan fingerprint density at radius 2 is 2.15 bits per heavy atom. The molecule has 1 aliphatic heterocycles. The maximum atomic E-state index is 11.6. The van der Waals surface area contributed by atoms with Gasteiger partial charge in [-0.05, 0) is 51.0 Å². The molecule has 20 heavy (non-hydrogen) atoms. The highest BCUT2D eigenvalue weighted by Crippen LogP contribution is 2.37. The Bertz CT molecular complexity index is 376. The van der Waals surface area contributed by atoms with E-state index in [1.54, 1.807) is 0 Å². The molecule has 0 radical (unpaired) electrons. The van der Waals surface area contributed by atoms with Crippen LogP contribution >= 0.6 is 0 Å². The molecule has 114 valence electrons. The highest BCUT2D eigenvalue weighted by molar-refractivity contribution is 5.85. The number of rotatable bonds is 4. The Morgan fingerprint density at radius 1 is 1.30 bits per heavy atom. The standard InChI is InChI=1S/C15H27N3O2/c16-14(19)15(17)7-2-3-11(15)6-8-18-9-10-20-13-5-1-4-12(13)18/h11-13H,1-10,17H2,(H2,16,19). The molecule has 3 aliphatic rings. The summed E-state index contributed by atoms with van der Waals surface area (Å²) < 4.78 is 5.84. The molecule has 3 fully saturated rings. The molecule has 2 saturated carbocycles. The van der Waals surface area contributed by atoms with Gasteiger partial charge in [0.15, 0.2) is 0 Å². The number of hydrogen-bond donors (Lipinski definition) is 2. The number of fused-ring (bicyclic) bond motifs is 1. The Morgan fingerprint density at radius 3 is 2.95 bits per heavy atom. The van der Waals surface area contributed by atoms with Crippen molar-refractivity contribution < 1.29 is 9.53 Å². The van der Waals surface area contributed by atoms with Crippen molar-refractivity contribution >= 4 is 5.91 Å². The van der Waals surface area contributed by atoms with Gasteiger partial charge in [0.25, 0.3) is 0 Å². The minimum Gasteiger partial charge on any atom is -0.375 e. The summed E-state index contributed by atoms with van der Waals surface area (Å²) in [5.41, 5.74) is 11.0. The normalized spacial score (nSPS) is 41.8. The maximum absolute atomic E-state index is 11.6. The lowest BCUT2D eigenvalue weighted by Crippen LogP contribution is -2.55. The molecule has 2 aliphatic carbocycles. The van der Waals surface area contributed by atoms with Crippen molar-refractivity contribution in [1.29, 1.82) is 0 Å². The lowest BCUT2D eigenvalue weighted by atomic mass is 9.84. The molecule has 4 unspecified atom stereocenters. The van der Waals surface area contributed by atoms with Crippen molar-refractivity contribution in [2.24, 2.45) is 17.4 Å². The van der Waals surface area contributed by atoms with E-state index < -0.39 is 5.54 Å². The summed E-state index contributed by atoms with van der Waals surface area (Å²) in [6.07, 6.45) is 7.97. The second-order valence-corrected chi connectivity index (χ2v) is 6.73. The summed E-state index contributed by atoms with van der Waals surface area (Å²) in [7, 11) is 0. The van der Waals surface area contributed by atoms with Gasteiger partial charge in [0, 0.05) is 12.6 Å². The molecule has 0 spiro atoms. The molecule has 5 heteroatoms. The molecule has 0 aromatic carbocycles. The molecular formula is C15H27N3O2. The number of nitrogens with zero attached hydrogens (tertiary/aromatic N) is 1. The topological polar surface area (TPSA) is 81.6 Å². The number of nitrogens with two attached hydrogens (primary N) is 2. The van der Waals surface area contributed by atoms with E-state index in [4.69, 9.17) is 16.2 Å². The summed E-state index contributed by atoms with van der Waals surface area (Å²) >= 11 is 0. The van der Waals surface area contributed by atoms with Crippen molar-refractivity contribution in [1.82, 2.24) is 4.90 Å². The number of amides is 1. The van der Waals surface area contributed by atoms with E-state index in [1.165, 1.54) is 19.3 Å². The number of ether oxygens (including phenoxy) is 1. The third-order valence-corrected chi connectivity index (χ3v) is 5.69. The Labute approximate surface area is 121 Å². The van der Waals surface area contributed by atoms with Gasteiger partial charge in [-0.25, -0.2) is 0 Å². The predicted octanol–water partition coefficient (Wildman–Crippen LogP) is 0.613. The van der Waals surface area contributed by atoms with Gasteiger partial charge in [0.2, 0.25) is 5.91 Å². The zero-order valence-electron chi connectivity index (χ0n) is 12.2. The third-order valence-electron chi connectivity index (χ3n) is 5.69. The van der Waals surface area contributed by atoms with E-state index in [9.17, 15) is 4.79 Å². The van der Waals surface area contributed by atoms with Crippen molar-refractivity contribution in [2.45, 2.75) is 62.6 Å². The van der Waals surface area contributed by atoms with Crippen LogP contribution in [0.4, 0.5) is 0 Å². The first-order valence-corrected chi connectivity index (χ1v) is 8.06. The summed E-state index contributed by atoms with van der Waals surface area (Å²) in [6, 6.07) is 0.589. The lowest BCUT2D eigenvalue weighted by molar-refractivity contribution is -0.124. The average Bonchev–Trinajstić information content (AvgIpc) is 3.03. The molecule has 1 saturated heterocycles. The molecule has 1 amide bonds. The molecule has 5 nitrogen and oxygen atoms in total. The van der Waals surface area contributed by atoms with Gasteiger partial charge in [0.1, 0.15) is 0 Å². The Hall–Kier alpha value is -0.650. The molecule has 4 atom stereocenters. The third kappa shape index (κ3) is 2.47. The van der Waals surface area contributed by atoms with Crippen LogP contribution in [0, 0.1) is 5.92 Å².